The molecule has 3 nitrogen and oxygen atoms in total. The zero-order valence-electron chi connectivity index (χ0n) is 9.82. The smallest absolute Gasteiger partial charge is 0.0958 e. The number of fused-ring (bicyclic) bond motifs is 1. The van der Waals surface area contributed by atoms with E-state index in [9.17, 15) is 0 Å². The molecular formula is C13H19N3. The first-order valence-electron chi connectivity index (χ1n) is 5.96. The third-order valence-corrected chi connectivity index (χ3v) is 2.85. The summed E-state index contributed by atoms with van der Waals surface area (Å²) in [6.45, 7) is 2.19. The molecule has 0 aliphatic carbocycles. The van der Waals surface area contributed by atoms with Crippen molar-refractivity contribution in [2.75, 3.05) is 13.6 Å². The van der Waals surface area contributed by atoms with Crippen LogP contribution in [0.2, 0.25) is 0 Å². The first kappa shape index (κ1) is 11.1. The molecule has 0 amide bonds. The average Bonchev–Trinajstić information content (AvgIpc) is 2.73. The van der Waals surface area contributed by atoms with E-state index in [2.05, 4.69) is 33.1 Å². The summed E-state index contributed by atoms with van der Waals surface area (Å²) >= 11 is 0. The summed E-state index contributed by atoms with van der Waals surface area (Å²) in [5.74, 6) is 0. The van der Waals surface area contributed by atoms with Crippen LogP contribution < -0.4 is 5.32 Å². The molecule has 0 fully saturated rings. The number of benzene rings is 1. The van der Waals surface area contributed by atoms with E-state index in [0.717, 1.165) is 18.6 Å². The summed E-state index contributed by atoms with van der Waals surface area (Å²) in [5.41, 5.74) is 2.34. The lowest BCUT2D eigenvalue weighted by Gasteiger charge is -2.04. The van der Waals surface area contributed by atoms with E-state index in [1.165, 1.54) is 24.8 Å². The molecule has 0 saturated carbocycles. The van der Waals surface area contributed by atoms with Gasteiger partial charge in [-0.1, -0.05) is 18.6 Å². The van der Waals surface area contributed by atoms with E-state index in [1.807, 2.05) is 19.4 Å². The molecule has 1 N–H and O–H groups in total. The lowest BCUT2D eigenvalue weighted by atomic mass is 10.2. The van der Waals surface area contributed by atoms with Crippen molar-refractivity contribution in [3.05, 3.63) is 30.6 Å². The summed E-state index contributed by atoms with van der Waals surface area (Å²) in [6.07, 6.45) is 5.70. The van der Waals surface area contributed by atoms with Gasteiger partial charge in [0.1, 0.15) is 0 Å². The van der Waals surface area contributed by atoms with Gasteiger partial charge in [-0.15, -0.1) is 0 Å². The molecule has 86 valence electrons. The highest BCUT2D eigenvalue weighted by Gasteiger charge is 2.00. The van der Waals surface area contributed by atoms with E-state index < -0.39 is 0 Å². The fourth-order valence-corrected chi connectivity index (χ4v) is 1.95. The second-order valence-electron chi connectivity index (χ2n) is 4.09. The van der Waals surface area contributed by atoms with Crippen LogP contribution in [0.1, 0.15) is 19.3 Å². The molecule has 0 radical (unpaired) electrons. The fraction of sp³-hybridized carbons (Fsp3) is 0.462. The third kappa shape index (κ3) is 2.61. The van der Waals surface area contributed by atoms with Crippen LogP contribution in [0.3, 0.4) is 0 Å². The molecule has 16 heavy (non-hydrogen) atoms. The maximum Gasteiger partial charge on any atom is 0.0958 e. The molecule has 1 heterocycles. The highest BCUT2D eigenvalue weighted by molar-refractivity contribution is 5.74. The number of unbranched alkanes of at least 4 members (excludes halogenated alkanes) is 2. The van der Waals surface area contributed by atoms with Gasteiger partial charge in [0.05, 0.1) is 17.4 Å². The summed E-state index contributed by atoms with van der Waals surface area (Å²) in [5, 5.41) is 3.17. The molecule has 1 aromatic heterocycles. The molecule has 0 spiro atoms. The maximum atomic E-state index is 4.38. The molecule has 0 unspecified atom stereocenters. The molecule has 2 aromatic rings. The number of para-hydroxylation sites is 2. The van der Waals surface area contributed by atoms with E-state index in [-0.39, 0.29) is 0 Å². The van der Waals surface area contributed by atoms with Crippen molar-refractivity contribution >= 4 is 11.0 Å². The predicted octanol–water partition coefficient (Wildman–Crippen LogP) is 2.43. The van der Waals surface area contributed by atoms with Gasteiger partial charge in [0.25, 0.3) is 0 Å². The van der Waals surface area contributed by atoms with Crippen molar-refractivity contribution in [3.8, 4) is 0 Å². The van der Waals surface area contributed by atoms with Crippen LogP contribution in [0.5, 0.6) is 0 Å². The SMILES string of the molecule is CNCCCCCn1cnc2ccccc21. The molecule has 0 saturated heterocycles. The number of nitrogens with zero attached hydrogens (tertiary/aromatic N) is 2. The number of imidazole rings is 1. The first-order valence-corrected chi connectivity index (χ1v) is 5.96. The van der Waals surface area contributed by atoms with Gasteiger partial charge in [0, 0.05) is 6.54 Å². The van der Waals surface area contributed by atoms with E-state index >= 15 is 0 Å². The van der Waals surface area contributed by atoms with Crippen LogP contribution in [0, 0.1) is 0 Å². The first-order chi connectivity index (χ1) is 7.92. The Balaban J connectivity index is 1.89. The molecular weight excluding hydrogens is 198 g/mol. The van der Waals surface area contributed by atoms with Crippen LogP contribution in [0.15, 0.2) is 30.6 Å². The van der Waals surface area contributed by atoms with Gasteiger partial charge in [-0.3, -0.25) is 0 Å². The molecule has 0 aliphatic rings. The summed E-state index contributed by atoms with van der Waals surface area (Å²) in [4.78, 5) is 4.38. The highest BCUT2D eigenvalue weighted by Crippen LogP contribution is 2.12. The quantitative estimate of drug-likeness (QED) is 0.753. The number of hydrogen-bond acceptors (Lipinski definition) is 2. The van der Waals surface area contributed by atoms with Crippen molar-refractivity contribution < 1.29 is 0 Å². The second-order valence-corrected chi connectivity index (χ2v) is 4.09. The zero-order chi connectivity index (χ0) is 11.2. The topological polar surface area (TPSA) is 29.9 Å². The zero-order valence-corrected chi connectivity index (χ0v) is 9.82. The van der Waals surface area contributed by atoms with Gasteiger partial charge >= 0.3 is 0 Å². The standard InChI is InChI=1S/C13H19N3/c1-14-9-5-2-6-10-16-11-15-12-7-3-4-8-13(12)16/h3-4,7-8,11,14H,2,5-6,9-10H2,1H3. The molecule has 2 rings (SSSR count). The van der Waals surface area contributed by atoms with Gasteiger partial charge in [-0.2, -0.15) is 0 Å². The number of aromatic nitrogens is 2. The van der Waals surface area contributed by atoms with Gasteiger partial charge < -0.3 is 9.88 Å². The Morgan fingerprint density at radius 2 is 2.06 bits per heavy atom. The van der Waals surface area contributed by atoms with Gasteiger partial charge in [0.2, 0.25) is 0 Å². The van der Waals surface area contributed by atoms with Crippen LogP contribution in [-0.2, 0) is 6.54 Å². The number of rotatable bonds is 6. The van der Waals surface area contributed by atoms with Gasteiger partial charge in [-0.25, -0.2) is 4.98 Å². The van der Waals surface area contributed by atoms with Crippen LogP contribution in [0.25, 0.3) is 11.0 Å². The van der Waals surface area contributed by atoms with Crippen molar-refractivity contribution in [3.63, 3.8) is 0 Å². The minimum atomic E-state index is 1.07. The lowest BCUT2D eigenvalue weighted by molar-refractivity contribution is 0.582. The summed E-state index contributed by atoms with van der Waals surface area (Å²) < 4.78 is 2.24. The van der Waals surface area contributed by atoms with E-state index in [4.69, 9.17) is 0 Å². The van der Waals surface area contributed by atoms with E-state index in [1.54, 1.807) is 0 Å². The number of hydrogen-bond donors (Lipinski definition) is 1. The van der Waals surface area contributed by atoms with Crippen LogP contribution >= 0.6 is 0 Å². The Kier molecular flexibility index (Phi) is 3.94. The molecule has 3 heteroatoms. The van der Waals surface area contributed by atoms with Crippen LogP contribution in [-0.4, -0.2) is 23.1 Å². The Morgan fingerprint density at radius 1 is 1.19 bits per heavy atom. The summed E-state index contributed by atoms with van der Waals surface area (Å²) in [7, 11) is 2.00. The Morgan fingerprint density at radius 3 is 2.94 bits per heavy atom. The van der Waals surface area contributed by atoms with Crippen molar-refractivity contribution in [2.24, 2.45) is 0 Å². The van der Waals surface area contributed by atoms with Crippen molar-refractivity contribution in [1.82, 2.24) is 14.9 Å². The minimum Gasteiger partial charge on any atom is -0.331 e. The largest absolute Gasteiger partial charge is 0.331 e. The predicted molar refractivity (Wildman–Crippen MR) is 67.5 cm³/mol. The Hall–Kier alpha value is -1.35. The maximum absolute atomic E-state index is 4.38. The highest BCUT2D eigenvalue weighted by atomic mass is 15.0. The fourth-order valence-electron chi connectivity index (χ4n) is 1.95. The van der Waals surface area contributed by atoms with Crippen molar-refractivity contribution in [2.45, 2.75) is 25.8 Å². The minimum absolute atomic E-state index is 1.07. The molecule has 0 aliphatic heterocycles. The van der Waals surface area contributed by atoms with Gasteiger partial charge in [0.15, 0.2) is 0 Å². The molecule has 1 aromatic carbocycles. The van der Waals surface area contributed by atoms with E-state index in [0.29, 0.717) is 0 Å². The average molecular weight is 217 g/mol. The number of aryl methyl sites for hydroxylation is 1. The summed E-state index contributed by atoms with van der Waals surface area (Å²) in [6, 6.07) is 8.30. The molecule has 0 atom stereocenters. The second kappa shape index (κ2) is 5.66. The van der Waals surface area contributed by atoms with Crippen LogP contribution in [0.4, 0.5) is 0 Å². The third-order valence-electron chi connectivity index (χ3n) is 2.85. The normalized spacial score (nSPS) is 11.1. The monoisotopic (exact) mass is 217 g/mol. The molecule has 0 bridgehead atoms. The van der Waals surface area contributed by atoms with Gasteiger partial charge in [-0.05, 0) is 38.6 Å². The van der Waals surface area contributed by atoms with Crippen molar-refractivity contribution in [1.29, 1.82) is 0 Å². The Labute approximate surface area is 96.5 Å². The lowest BCUT2D eigenvalue weighted by Crippen LogP contribution is -2.07. The number of nitrogens with one attached hydrogen (secondary N) is 1. The Bertz CT molecular complexity index is 433.